The molecule has 0 spiro atoms. The minimum atomic E-state index is -4.57. The first-order chi connectivity index (χ1) is 17.1. The fourth-order valence-electron chi connectivity index (χ4n) is 3.73. The minimum absolute atomic E-state index is 0.0488. The number of halogens is 3. The number of nitrogens with zero attached hydrogens (tertiary/aromatic N) is 12. The van der Waals surface area contributed by atoms with Crippen molar-refractivity contribution >= 4 is 21.8 Å². The van der Waals surface area contributed by atoms with Crippen LogP contribution in [0.3, 0.4) is 0 Å². The Kier molecular flexibility index (Phi) is 5.52. The van der Waals surface area contributed by atoms with E-state index in [1.807, 2.05) is 0 Å². The van der Waals surface area contributed by atoms with Crippen molar-refractivity contribution in [3.05, 3.63) is 57.1 Å². The maximum atomic E-state index is 13.1. The summed E-state index contributed by atoms with van der Waals surface area (Å²) in [4.78, 5) is 27.5. The number of alkyl halides is 3. The molecule has 4 heterocycles. The molecule has 0 fully saturated rings. The van der Waals surface area contributed by atoms with Gasteiger partial charge in [-0.1, -0.05) is 10.4 Å². The van der Waals surface area contributed by atoms with Crippen LogP contribution in [0.15, 0.2) is 40.3 Å². The van der Waals surface area contributed by atoms with Crippen molar-refractivity contribution in [1.29, 1.82) is 0 Å². The van der Waals surface area contributed by atoms with E-state index in [0.717, 1.165) is 15.4 Å². The first-order valence-corrected chi connectivity index (χ1v) is 10.6. The number of benzene rings is 1. The van der Waals surface area contributed by atoms with E-state index in [9.17, 15) is 22.8 Å². The molecule has 0 radical (unpaired) electrons. The molecular formula is C19H17F3N12O2. The van der Waals surface area contributed by atoms with Gasteiger partial charge in [0.2, 0.25) is 0 Å². The topological polar surface area (TPSA) is 157 Å². The lowest BCUT2D eigenvalue weighted by atomic mass is 10.1. The van der Waals surface area contributed by atoms with E-state index in [1.54, 1.807) is 13.8 Å². The first-order valence-electron chi connectivity index (χ1n) is 10.6. The van der Waals surface area contributed by atoms with Crippen LogP contribution in [0.5, 0.6) is 0 Å². The van der Waals surface area contributed by atoms with E-state index in [2.05, 4.69) is 41.1 Å². The number of hydrogen-bond donors (Lipinski definition) is 0. The molecule has 0 aliphatic rings. The lowest BCUT2D eigenvalue weighted by Crippen LogP contribution is -2.31. The normalized spacial score (nSPS) is 13.9. The van der Waals surface area contributed by atoms with Crippen molar-refractivity contribution in [1.82, 2.24) is 60.0 Å². The first kappa shape index (κ1) is 23.2. The zero-order valence-corrected chi connectivity index (χ0v) is 18.8. The van der Waals surface area contributed by atoms with Gasteiger partial charge in [0.05, 0.1) is 35.9 Å². The molecule has 0 unspecified atom stereocenters. The van der Waals surface area contributed by atoms with Gasteiger partial charge in [0, 0.05) is 6.20 Å². The Bertz CT molecular complexity index is 1670. The Balaban J connectivity index is 1.48. The van der Waals surface area contributed by atoms with Crippen LogP contribution in [0.25, 0.3) is 21.8 Å². The van der Waals surface area contributed by atoms with Crippen LogP contribution in [-0.2, 0) is 19.3 Å². The van der Waals surface area contributed by atoms with Gasteiger partial charge in [-0.25, -0.2) is 9.36 Å². The van der Waals surface area contributed by atoms with Gasteiger partial charge in [0.15, 0.2) is 12.0 Å². The summed E-state index contributed by atoms with van der Waals surface area (Å²) in [5.74, 6) is 0. The molecule has 36 heavy (non-hydrogen) atoms. The molecule has 4 aromatic heterocycles. The molecule has 186 valence electrons. The number of aromatic nitrogens is 12. The van der Waals surface area contributed by atoms with Gasteiger partial charge in [0.1, 0.15) is 11.0 Å². The van der Waals surface area contributed by atoms with E-state index >= 15 is 0 Å². The molecule has 1 aromatic carbocycles. The summed E-state index contributed by atoms with van der Waals surface area (Å²) in [5, 5.41) is 31.1. The van der Waals surface area contributed by atoms with E-state index in [4.69, 9.17) is 0 Å². The largest absolute Gasteiger partial charge is 0.435 e. The van der Waals surface area contributed by atoms with Crippen LogP contribution in [0, 0.1) is 0 Å². The molecule has 5 rings (SSSR count). The SMILES string of the molecule is C[C@H](Cn1ccc(C(F)(F)F)n1)n1nnc2cc3c(=O)n([C@H](C)Cn4ncnn4)nnc3cc2c1=O. The fourth-order valence-corrected chi connectivity index (χ4v) is 3.73. The molecule has 14 nitrogen and oxygen atoms in total. The fraction of sp³-hybridized carbons (Fsp3) is 0.368. The zero-order valence-electron chi connectivity index (χ0n) is 18.8. The monoisotopic (exact) mass is 502 g/mol. The van der Waals surface area contributed by atoms with Crippen molar-refractivity contribution in [2.24, 2.45) is 0 Å². The number of rotatable bonds is 6. The standard InChI is InChI=1S/C19H17F3N12O2/c1-10(7-31-4-3-16(27-31)19(20,21)22)33-17(35)12-5-15-13(6-14(12)25-29-33)18(36)34(30-26-15)11(2)8-32-24-9-23-28-32/h3-6,9-11H,7-8H2,1-2H3/t10-,11-/m1/s1. The lowest BCUT2D eigenvalue weighted by Gasteiger charge is -2.14. The second-order valence-corrected chi connectivity index (χ2v) is 8.17. The van der Waals surface area contributed by atoms with Crippen molar-refractivity contribution in [2.45, 2.75) is 45.2 Å². The molecule has 0 amide bonds. The maximum absolute atomic E-state index is 13.1. The average molecular weight is 502 g/mol. The van der Waals surface area contributed by atoms with Crippen LogP contribution < -0.4 is 11.1 Å². The highest BCUT2D eigenvalue weighted by molar-refractivity contribution is 5.93. The van der Waals surface area contributed by atoms with Crippen molar-refractivity contribution in [3.63, 3.8) is 0 Å². The molecule has 0 aliphatic heterocycles. The highest BCUT2D eigenvalue weighted by atomic mass is 19.4. The summed E-state index contributed by atoms with van der Waals surface area (Å²) in [6.07, 6.45) is -2.12. The van der Waals surface area contributed by atoms with Crippen LogP contribution in [0.2, 0.25) is 0 Å². The van der Waals surface area contributed by atoms with E-state index in [1.165, 1.54) is 34.1 Å². The minimum Gasteiger partial charge on any atom is -0.270 e. The highest BCUT2D eigenvalue weighted by Gasteiger charge is 2.33. The molecule has 0 bridgehead atoms. The number of fused-ring (bicyclic) bond motifs is 2. The Morgan fingerprint density at radius 1 is 0.889 bits per heavy atom. The van der Waals surface area contributed by atoms with Crippen LogP contribution in [-0.4, -0.2) is 60.0 Å². The summed E-state index contributed by atoms with van der Waals surface area (Å²) >= 11 is 0. The number of tetrazole rings is 1. The van der Waals surface area contributed by atoms with E-state index in [-0.39, 0.29) is 34.9 Å². The molecule has 0 saturated carbocycles. The summed E-state index contributed by atoms with van der Waals surface area (Å²) in [5.41, 5.74) is -1.69. The van der Waals surface area contributed by atoms with Gasteiger partial charge in [-0.2, -0.15) is 23.1 Å². The molecule has 0 N–H and O–H groups in total. The molecule has 5 aromatic rings. The average Bonchev–Trinajstić information content (AvgIpc) is 3.51. The van der Waals surface area contributed by atoms with Crippen LogP contribution in [0.1, 0.15) is 31.6 Å². The van der Waals surface area contributed by atoms with Crippen molar-refractivity contribution < 1.29 is 13.2 Å². The van der Waals surface area contributed by atoms with Gasteiger partial charge < -0.3 is 0 Å². The smallest absolute Gasteiger partial charge is 0.270 e. The summed E-state index contributed by atoms with van der Waals surface area (Å²) in [6.45, 7) is 3.52. The van der Waals surface area contributed by atoms with Gasteiger partial charge in [-0.3, -0.25) is 14.3 Å². The third kappa shape index (κ3) is 4.18. The van der Waals surface area contributed by atoms with Gasteiger partial charge in [-0.15, -0.1) is 20.4 Å². The Morgan fingerprint density at radius 3 is 1.97 bits per heavy atom. The van der Waals surface area contributed by atoms with E-state index in [0.29, 0.717) is 0 Å². The van der Waals surface area contributed by atoms with E-state index < -0.39 is 35.1 Å². The molecular weight excluding hydrogens is 485 g/mol. The summed E-state index contributed by atoms with van der Waals surface area (Å²) in [7, 11) is 0. The third-order valence-electron chi connectivity index (χ3n) is 5.52. The quantitative estimate of drug-likeness (QED) is 0.302. The van der Waals surface area contributed by atoms with Crippen molar-refractivity contribution in [2.75, 3.05) is 0 Å². The molecule has 0 saturated heterocycles. The van der Waals surface area contributed by atoms with Crippen molar-refractivity contribution in [3.8, 4) is 0 Å². The Labute approximate surface area is 197 Å². The van der Waals surface area contributed by atoms with Gasteiger partial charge in [-0.05, 0) is 37.3 Å². The Morgan fingerprint density at radius 2 is 1.47 bits per heavy atom. The molecule has 2 atom stereocenters. The van der Waals surface area contributed by atoms with Gasteiger partial charge in [0.25, 0.3) is 11.1 Å². The second kappa shape index (κ2) is 8.58. The van der Waals surface area contributed by atoms with Crippen LogP contribution >= 0.6 is 0 Å². The number of hydrogen-bond acceptors (Lipinski definition) is 10. The second-order valence-electron chi connectivity index (χ2n) is 8.17. The predicted molar refractivity (Wildman–Crippen MR) is 116 cm³/mol. The highest BCUT2D eigenvalue weighted by Crippen LogP contribution is 2.27. The predicted octanol–water partition coefficient (Wildman–Crippen LogP) is 0.621. The van der Waals surface area contributed by atoms with Gasteiger partial charge >= 0.3 is 6.18 Å². The Hall–Kier alpha value is -4.57. The zero-order chi connectivity index (χ0) is 25.6. The third-order valence-corrected chi connectivity index (χ3v) is 5.52. The summed E-state index contributed by atoms with van der Waals surface area (Å²) in [6, 6.07) is 2.53. The van der Waals surface area contributed by atoms with Crippen LogP contribution in [0.4, 0.5) is 13.2 Å². The molecule has 17 heteroatoms. The summed E-state index contributed by atoms with van der Waals surface area (Å²) < 4.78 is 41.7. The lowest BCUT2D eigenvalue weighted by molar-refractivity contribution is -0.141. The maximum Gasteiger partial charge on any atom is 0.435 e. The molecule has 0 aliphatic carbocycles.